The van der Waals surface area contributed by atoms with E-state index < -0.39 is 12.1 Å². The zero-order valence-electron chi connectivity index (χ0n) is 37.9. The monoisotopic (exact) mass is 794 g/mol. The van der Waals surface area contributed by atoms with Gasteiger partial charge in [-0.3, -0.25) is 9.59 Å². The summed E-state index contributed by atoms with van der Waals surface area (Å²) in [5.74, 6) is -0.0557. The van der Waals surface area contributed by atoms with Gasteiger partial charge in [0.1, 0.15) is 0 Å². The summed E-state index contributed by atoms with van der Waals surface area (Å²) in [6.07, 6.45) is 50.7. The predicted octanol–water partition coefficient (Wildman–Crippen LogP) is 14.8. The molecule has 1 amide bonds. The molecule has 3 N–H and O–H groups in total. The Morgan fingerprint density at radius 3 is 1.09 bits per heavy atom. The average Bonchev–Trinajstić information content (AvgIpc) is 3.20. The van der Waals surface area contributed by atoms with Crippen LogP contribution in [0.3, 0.4) is 0 Å². The molecule has 334 valence electrons. The Balaban J connectivity index is 3.42. The molecular formula is C50H99NO5. The highest BCUT2D eigenvalue weighted by Crippen LogP contribution is 2.17. The molecule has 0 saturated carbocycles. The van der Waals surface area contributed by atoms with E-state index in [1.54, 1.807) is 0 Å². The quantitative estimate of drug-likeness (QED) is 0.0421. The van der Waals surface area contributed by atoms with Crippen molar-refractivity contribution in [1.82, 2.24) is 5.32 Å². The molecule has 0 saturated heterocycles. The van der Waals surface area contributed by atoms with Gasteiger partial charge in [-0.1, -0.05) is 245 Å². The molecule has 2 atom stereocenters. The Kier molecular flexibility index (Phi) is 45.6. The van der Waals surface area contributed by atoms with Gasteiger partial charge in [0.05, 0.1) is 25.4 Å². The van der Waals surface area contributed by atoms with Crippen LogP contribution < -0.4 is 5.32 Å². The minimum atomic E-state index is -0.671. The predicted molar refractivity (Wildman–Crippen MR) is 241 cm³/mol. The van der Waals surface area contributed by atoms with Crippen LogP contribution in [-0.4, -0.2) is 47.4 Å². The lowest BCUT2D eigenvalue weighted by molar-refractivity contribution is -0.143. The number of carbonyl (C=O) groups excluding carboxylic acids is 2. The van der Waals surface area contributed by atoms with Crippen LogP contribution in [0.15, 0.2) is 0 Å². The molecule has 0 aliphatic carbocycles. The molecule has 0 aromatic heterocycles. The van der Waals surface area contributed by atoms with Gasteiger partial charge in [-0.25, -0.2) is 0 Å². The lowest BCUT2D eigenvalue weighted by atomic mass is 10.0. The molecule has 0 spiro atoms. The zero-order valence-corrected chi connectivity index (χ0v) is 37.9. The van der Waals surface area contributed by atoms with E-state index in [4.69, 9.17) is 4.74 Å². The zero-order chi connectivity index (χ0) is 40.8. The topological polar surface area (TPSA) is 95.9 Å². The summed E-state index contributed by atoms with van der Waals surface area (Å²) >= 11 is 0. The van der Waals surface area contributed by atoms with Gasteiger partial charge in [0.15, 0.2) is 0 Å². The molecule has 0 aliphatic heterocycles. The van der Waals surface area contributed by atoms with E-state index in [1.807, 2.05) is 0 Å². The van der Waals surface area contributed by atoms with E-state index in [1.165, 1.54) is 193 Å². The van der Waals surface area contributed by atoms with Crippen LogP contribution in [0.25, 0.3) is 0 Å². The number of esters is 1. The highest BCUT2D eigenvalue weighted by Gasteiger charge is 2.20. The number of hydrogen-bond acceptors (Lipinski definition) is 5. The van der Waals surface area contributed by atoms with E-state index >= 15 is 0 Å². The van der Waals surface area contributed by atoms with Crippen molar-refractivity contribution in [3.05, 3.63) is 0 Å². The fourth-order valence-corrected chi connectivity index (χ4v) is 7.99. The number of amides is 1. The van der Waals surface area contributed by atoms with Gasteiger partial charge in [0.25, 0.3) is 0 Å². The normalized spacial score (nSPS) is 12.6. The van der Waals surface area contributed by atoms with Gasteiger partial charge in [-0.2, -0.15) is 0 Å². The highest BCUT2D eigenvalue weighted by atomic mass is 16.5. The van der Waals surface area contributed by atoms with E-state index in [0.29, 0.717) is 25.9 Å². The standard InChI is InChI=1S/C50H99NO5/c1-3-5-7-9-11-13-15-16-17-18-19-24-28-32-36-40-44-50(55)56-45-41-37-33-29-25-21-20-23-27-31-35-39-43-49(54)51-47(46-52)48(53)42-38-34-30-26-22-14-12-10-8-6-4-2/h47-48,52-53H,3-46H2,1-2H3,(H,51,54). The van der Waals surface area contributed by atoms with Crippen molar-refractivity contribution in [1.29, 1.82) is 0 Å². The number of carbonyl (C=O) groups is 2. The number of rotatable bonds is 47. The van der Waals surface area contributed by atoms with E-state index in [9.17, 15) is 19.8 Å². The maximum atomic E-state index is 12.4. The number of aliphatic hydroxyl groups excluding tert-OH is 2. The van der Waals surface area contributed by atoms with Gasteiger partial charge in [-0.05, 0) is 25.7 Å². The fourth-order valence-electron chi connectivity index (χ4n) is 7.99. The summed E-state index contributed by atoms with van der Waals surface area (Å²) in [5, 5.41) is 23.1. The maximum absolute atomic E-state index is 12.4. The molecule has 0 aromatic carbocycles. The second kappa shape index (κ2) is 46.5. The summed E-state index contributed by atoms with van der Waals surface area (Å²) in [4.78, 5) is 24.4. The molecular weight excluding hydrogens is 695 g/mol. The van der Waals surface area contributed by atoms with Crippen molar-refractivity contribution < 1.29 is 24.5 Å². The molecule has 6 heteroatoms. The van der Waals surface area contributed by atoms with Crippen molar-refractivity contribution >= 4 is 11.9 Å². The summed E-state index contributed by atoms with van der Waals surface area (Å²) < 4.78 is 5.47. The molecule has 6 nitrogen and oxygen atoms in total. The van der Waals surface area contributed by atoms with Gasteiger partial charge in [0.2, 0.25) is 5.91 Å². The number of nitrogens with one attached hydrogen (secondary N) is 1. The second-order valence-electron chi connectivity index (χ2n) is 17.5. The van der Waals surface area contributed by atoms with Gasteiger partial charge >= 0.3 is 5.97 Å². The first-order valence-electron chi connectivity index (χ1n) is 25.3. The van der Waals surface area contributed by atoms with E-state index in [-0.39, 0.29) is 18.5 Å². The molecule has 0 aromatic rings. The third-order valence-electron chi connectivity index (χ3n) is 11.9. The third kappa shape index (κ3) is 42.5. The van der Waals surface area contributed by atoms with Gasteiger partial charge in [0, 0.05) is 12.8 Å². The van der Waals surface area contributed by atoms with Crippen LogP contribution in [0, 0.1) is 0 Å². The van der Waals surface area contributed by atoms with Crippen molar-refractivity contribution in [2.45, 2.75) is 296 Å². The minimum absolute atomic E-state index is 0.00553. The SMILES string of the molecule is CCCCCCCCCCCCCCCCCCC(=O)OCCCCCCCCCCCCCCC(=O)NC(CO)C(O)CCCCCCCCCCCCC. The van der Waals surface area contributed by atoms with Crippen LogP contribution in [-0.2, 0) is 14.3 Å². The summed E-state index contributed by atoms with van der Waals surface area (Å²) in [7, 11) is 0. The van der Waals surface area contributed by atoms with Crippen LogP contribution in [0.4, 0.5) is 0 Å². The van der Waals surface area contributed by atoms with Crippen molar-refractivity contribution in [2.24, 2.45) is 0 Å². The Morgan fingerprint density at radius 1 is 0.429 bits per heavy atom. The summed E-state index contributed by atoms with van der Waals surface area (Å²) in [5.41, 5.74) is 0. The maximum Gasteiger partial charge on any atom is 0.305 e. The summed E-state index contributed by atoms with van der Waals surface area (Å²) in [6, 6.07) is -0.550. The Bertz CT molecular complexity index is 791. The largest absolute Gasteiger partial charge is 0.466 e. The molecule has 0 bridgehead atoms. The highest BCUT2D eigenvalue weighted by molar-refractivity contribution is 5.76. The molecule has 0 radical (unpaired) electrons. The van der Waals surface area contributed by atoms with E-state index in [0.717, 1.165) is 57.8 Å². The van der Waals surface area contributed by atoms with Crippen molar-refractivity contribution in [3.63, 3.8) is 0 Å². The molecule has 56 heavy (non-hydrogen) atoms. The number of aliphatic hydroxyl groups is 2. The lowest BCUT2D eigenvalue weighted by Crippen LogP contribution is -2.45. The van der Waals surface area contributed by atoms with Crippen LogP contribution >= 0.6 is 0 Å². The fraction of sp³-hybridized carbons (Fsp3) is 0.960. The first-order chi connectivity index (χ1) is 27.5. The molecule has 0 rings (SSSR count). The number of unbranched alkanes of at least 4 members (excludes halogenated alkanes) is 36. The number of ether oxygens (including phenoxy) is 1. The van der Waals surface area contributed by atoms with Crippen LogP contribution in [0.5, 0.6) is 0 Å². The van der Waals surface area contributed by atoms with Crippen molar-refractivity contribution in [3.8, 4) is 0 Å². The second-order valence-corrected chi connectivity index (χ2v) is 17.5. The van der Waals surface area contributed by atoms with Crippen molar-refractivity contribution in [2.75, 3.05) is 13.2 Å². The Hall–Kier alpha value is -1.14. The first kappa shape index (κ1) is 54.9. The van der Waals surface area contributed by atoms with E-state index in [2.05, 4.69) is 19.2 Å². The average molecular weight is 794 g/mol. The Labute approximate surface area is 349 Å². The third-order valence-corrected chi connectivity index (χ3v) is 11.9. The molecule has 0 aliphatic rings. The number of hydrogen-bond donors (Lipinski definition) is 3. The first-order valence-corrected chi connectivity index (χ1v) is 25.3. The summed E-state index contributed by atoms with van der Waals surface area (Å²) in [6.45, 7) is 4.92. The lowest BCUT2D eigenvalue weighted by Gasteiger charge is -2.22. The van der Waals surface area contributed by atoms with Gasteiger partial charge in [-0.15, -0.1) is 0 Å². The smallest absolute Gasteiger partial charge is 0.305 e. The molecule has 0 fully saturated rings. The van der Waals surface area contributed by atoms with Crippen LogP contribution in [0.2, 0.25) is 0 Å². The van der Waals surface area contributed by atoms with Gasteiger partial charge < -0.3 is 20.3 Å². The molecule has 0 heterocycles. The Morgan fingerprint density at radius 2 is 0.732 bits per heavy atom. The minimum Gasteiger partial charge on any atom is -0.466 e. The molecule has 2 unspecified atom stereocenters. The van der Waals surface area contributed by atoms with Crippen LogP contribution in [0.1, 0.15) is 284 Å².